The van der Waals surface area contributed by atoms with E-state index in [1.54, 1.807) is 24.4 Å². The van der Waals surface area contributed by atoms with Crippen LogP contribution in [0.15, 0.2) is 30.5 Å². The van der Waals surface area contributed by atoms with Gasteiger partial charge in [0.2, 0.25) is 0 Å². The van der Waals surface area contributed by atoms with Crippen LogP contribution in [-0.2, 0) is 9.59 Å². The van der Waals surface area contributed by atoms with Gasteiger partial charge in [-0.25, -0.2) is 0 Å². The Morgan fingerprint density at radius 3 is 2.87 bits per heavy atom. The summed E-state index contributed by atoms with van der Waals surface area (Å²) in [5.74, 6) is -0.967. The van der Waals surface area contributed by atoms with Gasteiger partial charge in [0.05, 0.1) is 10.9 Å². The first-order valence-corrected chi connectivity index (χ1v) is 7.60. The summed E-state index contributed by atoms with van der Waals surface area (Å²) in [6, 6.07) is 6.89. The predicted molar refractivity (Wildman–Crippen MR) is 84.5 cm³/mol. The third kappa shape index (κ3) is 3.37. The fourth-order valence-electron chi connectivity index (χ4n) is 2.58. The second-order valence-corrected chi connectivity index (χ2v) is 5.91. The normalized spacial score (nSPS) is 19.9. The van der Waals surface area contributed by atoms with Crippen LogP contribution >= 0.6 is 11.6 Å². The Labute approximate surface area is 137 Å². The zero-order chi connectivity index (χ0) is 16.4. The zero-order valence-electron chi connectivity index (χ0n) is 12.2. The van der Waals surface area contributed by atoms with E-state index in [1.165, 1.54) is 0 Å². The van der Waals surface area contributed by atoms with E-state index in [0.717, 1.165) is 5.39 Å². The van der Waals surface area contributed by atoms with Crippen LogP contribution in [0.3, 0.4) is 0 Å². The monoisotopic (exact) mass is 334 g/mol. The Morgan fingerprint density at radius 1 is 1.35 bits per heavy atom. The number of hydrogen-bond acceptors (Lipinski definition) is 4. The number of pyridine rings is 1. The molecule has 0 saturated heterocycles. The highest BCUT2D eigenvalue weighted by molar-refractivity contribution is 6.35. The van der Waals surface area contributed by atoms with Crippen LogP contribution in [0.5, 0.6) is 5.75 Å². The first-order valence-electron chi connectivity index (χ1n) is 7.23. The van der Waals surface area contributed by atoms with Gasteiger partial charge in [0.15, 0.2) is 6.61 Å². The fourth-order valence-corrected chi connectivity index (χ4v) is 2.79. The van der Waals surface area contributed by atoms with E-state index in [0.29, 0.717) is 29.1 Å². The van der Waals surface area contributed by atoms with Gasteiger partial charge in [-0.15, -0.1) is 0 Å². The SMILES string of the molecule is O=C(COc1ccc(Cl)c2cccnc12)NC1CC(C(=O)O)C1. The van der Waals surface area contributed by atoms with Crippen molar-refractivity contribution in [3.05, 3.63) is 35.5 Å². The Morgan fingerprint density at radius 2 is 2.13 bits per heavy atom. The highest BCUT2D eigenvalue weighted by Crippen LogP contribution is 2.30. The van der Waals surface area contributed by atoms with E-state index in [9.17, 15) is 9.59 Å². The molecule has 1 amide bonds. The molecule has 1 saturated carbocycles. The number of benzene rings is 1. The van der Waals surface area contributed by atoms with E-state index < -0.39 is 5.97 Å². The van der Waals surface area contributed by atoms with Gasteiger partial charge in [-0.2, -0.15) is 0 Å². The van der Waals surface area contributed by atoms with Crippen molar-refractivity contribution in [1.82, 2.24) is 10.3 Å². The van der Waals surface area contributed by atoms with E-state index in [1.807, 2.05) is 6.07 Å². The van der Waals surface area contributed by atoms with Crippen LogP contribution in [0, 0.1) is 5.92 Å². The van der Waals surface area contributed by atoms with Crippen molar-refractivity contribution < 1.29 is 19.4 Å². The first-order chi connectivity index (χ1) is 11.0. The van der Waals surface area contributed by atoms with Crippen molar-refractivity contribution in [1.29, 1.82) is 0 Å². The molecule has 0 radical (unpaired) electrons. The Kier molecular flexibility index (Phi) is 4.34. The van der Waals surface area contributed by atoms with Crippen LogP contribution in [-0.4, -0.2) is 34.6 Å². The molecule has 1 aromatic heterocycles. The van der Waals surface area contributed by atoms with E-state index in [2.05, 4.69) is 10.3 Å². The maximum atomic E-state index is 11.9. The largest absolute Gasteiger partial charge is 0.481 e. The molecule has 7 heteroatoms. The molecule has 1 aliphatic carbocycles. The number of halogens is 1. The molecule has 23 heavy (non-hydrogen) atoms. The van der Waals surface area contributed by atoms with Crippen molar-refractivity contribution in [3.8, 4) is 5.75 Å². The molecule has 3 rings (SSSR count). The van der Waals surface area contributed by atoms with Gasteiger partial charge in [0, 0.05) is 17.6 Å². The minimum absolute atomic E-state index is 0.0905. The molecule has 2 N–H and O–H groups in total. The minimum Gasteiger partial charge on any atom is -0.481 e. The molecule has 1 aromatic carbocycles. The Bertz CT molecular complexity index is 759. The van der Waals surface area contributed by atoms with Gasteiger partial charge in [-0.05, 0) is 37.1 Å². The summed E-state index contributed by atoms with van der Waals surface area (Å²) in [5, 5.41) is 12.9. The lowest BCUT2D eigenvalue weighted by atomic mass is 9.80. The topological polar surface area (TPSA) is 88.5 Å². The second kappa shape index (κ2) is 6.42. The van der Waals surface area contributed by atoms with Crippen molar-refractivity contribution in [3.63, 3.8) is 0 Å². The Hall–Kier alpha value is -2.34. The van der Waals surface area contributed by atoms with E-state index >= 15 is 0 Å². The summed E-state index contributed by atoms with van der Waals surface area (Å²) < 4.78 is 5.53. The van der Waals surface area contributed by atoms with Gasteiger partial charge in [0.25, 0.3) is 5.91 Å². The molecular formula is C16H15ClN2O4. The summed E-state index contributed by atoms with van der Waals surface area (Å²) in [4.78, 5) is 26.8. The lowest BCUT2D eigenvalue weighted by Crippen LogP contribution is -2.48. The van der Waals surface area contributed by atoms with Crippen LogP contribution in [0.1, 0.15) is 12.8 Å². The standard InChI is InChI=1S/C16H15ClN2O4/c17-12-3-4-13(15-11(12)2-1-5-18-15)23-8-14(20)19-10-6-9(7-10)16(21)22/h1-5,9-10H,6-8H2,(H,19,20)(H,21,22). The molecule has 0 atom stereocenters. The molecule has 120 valence electrons. The minimum atomic E-state index is -0.814. The molecule has 1 fully saturated rings. The maximum Gasteiger partial charge on any atom is 0.306 e. The first kappa shape index (κ1) is 15.6. The summed E-state index contributed by atoms with van der Waals surface area (Å²) in [7, 11) is 0. The van der Waals surface area contributed by atoms with E-state index in [4.69, 9.17) is 21.4 Å². The Balaban J connectivity index is 1.58. The number of hydrogen-bond donors (Lipinski definition) is 2. The number of rotatable bonds is 5. The van der Waals surface area contributed by atoms with Crippen molar-refractivity contribution in [2.45, 2.75) is 18.9 Å². The third-order valence-electron chi connectivity index (χ3n) is 3.89. The smallest absolute Gasteiger partial charge is 0.306 e. The average Bonchev–Trinajstić information content (AvgIpc) is 2.50. The number of carbonyl (C=O) groups is 2. The highest BCUT2D eigenvalue weighted by Gasteiger charge is 2.35. The summed E-state index contributed by atoms with van der Waals surface area (Å²) >= 11 is 6.10. The van der Waals surface area contributed by atoms with Crippen LogP contribution in [0.4, 0.5) is 0 Å². The molecule has 0 spiro atoms. The molecule has 0 bridgehead atoms. The zero-order valence-corrected chi connectivity index (χ0v) is 12.9. The number of nitrogens with zero attached hydrogens (tertiary/aromatic N) is 1. The van der Waals surface area contributed by atoms with Gasteiger partial charge < -0.3 is 15.2 Å². The van der Waals surface area contributed by atoms with Crippen molar-refractivity contribution >= 4 is 34.4 Å². The lowest BCUT2D eigenvalue weighted by molar-refractivity contribution is -0.146. The number of carboxylic acids is 1. The van der Waals surface area contributed by atoms with Crippen molar-refractivity contribution in [2.24, 2.45) is 5.92 Å². The maximum absolute atomic E-state index is 11.9. The van der Waals surface area contributed by atoms with Gasteiger partial charge in [0.1, 0.15) is 11.3 Å². The van der Waals surface area contributed by atoms with Crippen LogP contribution in [0.2, 0.25) is 5.02 Å². The predicted octanol–water partition coefficient (Wildman–Crippen LogP) is 2.25. The third-order valence-corrected chi connectivity index (χ3v) is 4.22. The van der Waals surface area contributed by atoms with Crippen LogP contribution < -0.4 is 10.1 Å². The molecule has 0 aliphatic heterocycles. The van der Waals surface area contributed by atoms with Gasteiger partial charge >= 0.3 is 5.97 Å². The molecule has 6 nitrogen and oxygen atoms in total. The number of aliphatic carboxylic acids is 1. The summed E-state index contributed by atoms with van der Waals surface area (Å²) in [6.45, 7) is -0.151. The number of carbonyl (C=O) groups excluding carboxylic acids is 1. The average molecular weight is 335 g/mol. The number of nitrogens with one attached hydrogen (secondary N) is 1. The second-order valence-electron chi connectivity index (χ2n) is 5.50. The highest BCUT2D eigenvalue weighted by atomic mass is 35.5. The van der Waals surface area contributed by atoms with Crippen molar-refractivity contribution in [2.75, 3.05) is 6.61 Å². The summed E-state index contributed by atoms with van der Waals surface area (Å²) in [5.41, 5.74) is 0.599. The molecule has 1 heterocycles. The summed E-state index contributed by atoms with van der Waals surface area (Å²) in [6.07, 6.45) is 2.56. The quantitative estimate of drug-likeness (QED) is 0.875. The number of fused-ring (bicyclic) bond motifs is 1. The lowest BCUT2D eigenvalue weighted by Gasteiger charge is -2.32. The fraction of sp³-hybridized carbons (Fsp3) is 0.312. The molecule has 1 aliphatic rings. The number of aromatic nitrogens is 1. The number of ether oxygens (including phenoxy) is 1. The van der Waals surface area contributed by atoms with E-state index in [-0.39, 0.29) is 24.5 Å². The van der Waals surface area contributed by atoms with Crippen LogP contribution in [0.25, 0.3) is 10.9 Å². The molecule has 0 unspecified atom stereocenters. The number of carboxylic acid groups (broad SMARTS) is 1. The van der Waals surface area contributed by atoms with Gasteiger partial charge in [-0.1, -0.05) is 11.6 Å². The van der Waals surface area contributed by atoms with Gasteiger partial charge in [-0.3, -0.25) is 14.6 Å². The number of amides is 1. The molecule has 2 aromatic rings. The molecular weight excluding hydrogens is 320 g/mol.